The zero-order chi connectivity index (χ0) is 15.3. The van der Waals surface area contributed by atoms with E-state index in [1.807, 2.05) is 19.1 Å². The van der Waals surface area contributed by atoms with E-state index >= 15 is 0 Å². The van der Waals surface area contributed by atoms with Gasteiger partial charge in [-0.1, -0.05) is 19.1 Å². The van der Waals surface area contributed by atoms with E-state index in [-0.39, 0.29) is 12.2 Å². The first kappa shape index (κ1) is 15.8. The van der Waals surface area contributed by atoms with Crippen molar-refractivity contribution in [1.82, 2.24) is 4.90 Å². The molecule has 2 rings (SSSR count). The second-order valence-electron chi connectivity index (χ2n) is 5.77. The van der Waals surface area contributed by atoms with Crippen LogP contribution < -0.4 is 4.74 Å². The van der Waals surface area contributed by atoms with Crippen molar-refractivity contribution in [2.45, 2.75) is 32.4 Å². The number of carboxylic acid groups (broad SMARTS) is 1. The van der Waals surface area contributed by atoms with Crippen LogP contribution in [0.15, 0.2) is 24.3 Å². The number of likely N-dealkylation sites (tertiary alicyclic amines) is 1. The van der Waals surface area contributed by atoms with Gasteiger partial charge in [-0.05, 0) is 31.0 Å². The summed E-state index contributed by atoms with van der Waals surface area (Å²) in [4.78, 5) is 12.8. The zero-order valence-corrected chi connectivity index (χ0v) is 12.7. The van der Waals surface area contributed by atoms with Gasteiger partial charge in [0.15, 0.2) is 0 Å². The number of benzene rings is 1. The highest BCUT2D eigenvalue weighted by molar-refractivity contribution is 5.68. The molecule has 1 aromatic carbocycles. The second kappa shape index (κ2) is 6.91. The Morgan fingerprint density at radius 1 is 1.43 bits per heavy atom. The van der Waals surface area contributed by atoms with Gasteiger partial charge in [0.25, 0.3) is 0 Å². The molecule has 0 saturated carbocycles. The molecule has 1 aliphatic heterocycles. The third kappa shape index (κ3) is 4.72. The van der Waals surface area contributed by atoms with Crippen molar-refractivity contribution in [3.05, 3.63) is 29.8 Å². The molecule has 1 aliphatic rings. The summed E-state index contributed by atoms with van der Waals surface area (Å²) in [6.07, 6.45) is 0.996. The van der Waals surface area contributed by atoms with Crippen molar-refractivity contribution in [3.63, 3.8) is 0 Å². The number of aliphatic carboxylic acids is 1. The van der Waals surface area contributed by atoms with Gasteiger partial charge in [-0.15, -0.1) is 0 Å². The Labute approximate surface area is 125 Å². The Balaban J connectivity index is 1.80. The van der Waals surface area contributed by atoms with E-state index in [2.05, 4.69) is 24.0 Å². The first-order valence-corrected chi connectivity index (χ1v) is 7.30. The third-order valence-electron chi connectivity index (χ3n) is 3.44. The second-order valence-corrected chi connectivity index (χ2v) is 5.77. The summed E-state index contributed by atoms with van der Waals surface area (Å²) in [5.41, 5.74) is 0.859. The molecule has 116 valence electrons. The SMILES string of the molecule is CCCOc1cccc(CN2CC(C)(OCC(=O)O)C2)c1. The zero-order valence-electron chi connectivity index (χ0n) is 12.7. The maximum absolute atomic E-state index is 10.5. The Kier molecular flexibility index (Phi) is 5.20. The highest BCUT2D eigenvalue weighted by Gasteiger charge is 2.39. The lowest BCUT2D eigenvalue weighted by Gasteiger charge is -2.47. The summed E-state index contributed by atoms with van der Waals surface area (Å²) < 4.78 is 11.0. The summed E-state index contributed by atoms with van der Waals surface area (Å²) in [5.74, 6) is -0.0183. The van der Waals surface area contributed by atoms with Crippen LogP contribution >= 0.6 is 0 Å². The van der Waals surface area contributed by atoms with Crippen LogP contribution in [0.3, 0.4) is 0 Å². The van der Waals surface area contributed by atoms with Crippen molar-refractivity contribution >= 4 is 5.97 Å². The average Bonchev–Trinajstić information content (AvgIpc) is 2.42. The molecule has 0 radical (unpaired) electrons. The maximum Gasteiger partial charge on any atom is 0.329 e. The van der Waals surface area contributed by atoms with E-state index < -0.39 is 5.97 Å². The van der Waals surface area contributed by atoms with Gasteiger partial charge in [0, 0.05) is 19.6 Å². The Morgan fingerprint density at radius 3 is 2.86 bits per heavy atom. The minimum Gasteiger partial charge on any atom is -0.494 e. The highest BCUT2D eigenvalue weighted by atomic mass is 16.5. The normalized spacial score (nSPS) is 17.2. The summed E-state index contributed by atoms with van der Waals surface area (Å²) in [5, 5.41) is 8.65. The lowest BCUT2D eigenvalue weighted by molar-refractivity contribution is -0.165. The molecule has 21 heavy (non-hydrogen) atoms. The number of rotatable bonds is 8. The highest BCUT2D eigenvalue weighted by Crippen LogP contribution is 2.27. The van der Waals surface area contributed by atoms with E-state index in [4.69, 9.17) is 14.6 Å². The molecule has 0 unspecified atom stereocenters. The molecule has 0 aromatic heterocycles. The molecule has 5 heteroatoms. The van der Waals surface area contributed by atoms with Crippen LogP contribution in [0.4, 0.5) is 0 Å². The number of ether oxygens (including phenoxy) is 2. The predicted octanol–water partition coefficient (Wildman–Crippen LogP) is 2.15. The molecule has 1 N–H and O–H groups in total. The molecule has 0 aliphatic carbocycles. The van der Waals surface area contributed by atoms with Crippen LogP contribution in [-0.4, -0.2) is 47.9 Å². The lowest BCUT2D eigenvalue weighted by Crippen LogP contribution is -2.61. The molecule has 1 aromatic rings. The molecule has 0 amide bonds. The molecule has 1 heterocycles. The molecule has 5 nitrogen and oxygen atoms in total. The molecule has 0 atom stereocenters. The number of carboxylic acids is 1. The van der Waals surface area contributed by atoms with Crippen LogP contribution in [0, 0.1) is 0 Å². The smallest absolute Gasteiger partial charge is 0.329 e. The van der Waals surface area contributed by atoms with Gasteiger partial charge in [0.05, 0.1) is 12.2 Å². The summed E-state index contributed by atoms with van der Waals surface area (Å²) in [6, 6.07) is 8.10. The first-order valence-electron chi connectivity index (χ1n) is 7.30. The molecular weight excluding hydrogens is 270 g/mol. The third-order valence-corrected chi connectivity index (χ3v) is 3.44. The number of hydrogen-bond acceptors (Lipinski definition) is 4. The minimum atomic E-state index is -0.921. The molecular formula is C16H23NO4. The van der Waals surface area contributed by atoms with Crippen LogP contribution in [-0.2, 0) is 16.1 Å². The summed E-state index contributed by atoms with van der Waals surface area (Å²) in [7, 11) is 0. The quantitative estimate of drug-likeness (QED) is 0.796. The van der Waals surface area contributed by atoms with E-state index in [0.29, 0.717) is 0 Å². The van der Waals surface area contributed by atoms with Gasteiger partial charge in [0.2, 0.25) is 0 Å². The van der Waals surface area contributed by atoms with Crippen LogP contribution in [0.25, 0.3) is 0 Å². The van der Waals surface area contributed by atoms with E-state index in [1.165, 1.54) is 5.56 Å². The summed E-state index contributed by atoms with van der Waals surface area (Å²) >= 11 is 0. The number of nitrogens with zero attached hydrogens (tertiary/aromatic N) is 1. The molecule has 0 spiro atoms. The van der Waals surface area contributed by atoms with Crippen LogP contribution in [0.2, 0.25) is 0 Å². The largest absolute Gasteiger partial charge is 0.494 e. The molecule has 1 saturated heterocycles. The van der Waals surface area contributed by atoms with Crippen molar-refractivity contribution in [3.8, 4) is 5.75 Å². The van der Waals surface area contributed by atoms with E-state index in [9.17, 15) is 4.79 Å². The van der Waals surface area contributed by atoms with Crippen LogP contribution in [0.5, 0.6) is 5.75 Å². The Hall–Kier alpha value is -1.59. The van der Waals surface area contributed by atoms with Gasteiger partial charge in [-0.25, -0.2) is 4.79 Å². The monoisotopic (exact) mass is 293 g/mol. The fraction of sp³-hybridized carbons (Fsp3) is 0.562. The standard InChI is InChI=1S/C16H23NO4/c1-3-7-20-14-6-4-5-13(8-14)9-17-11-16(2,12-17)21-10-15(18)19/h4-6,8H,3,7,9-12H2,1-2H3,(H,18,19). The molecule has 0 bridgehead atoms. The van der Waals surface area contributed by atoms with Crippen molar-refractivity contribution < 1.29 is 19.4 Å². The van der Waals surface area contributed by atoms with Crippen LogP contribution in [0.1, 0.15) is 25.8 Å². The summed E-state index contributed by atoms with van der Waals surface area (Å²) in [6.45, 7) is 6.87. The topological polar surface area (TPSA) is 59.0 Å². The van der Waals surface area contributed by atoms with Crippen molar-refractivity contribution in [2.75, 3.05) is 26.3 Å². The minimum absolute atomic E-state index is 0.231. The van der Waals surface area contributed by atoms with Gasteiger partial charge in [-0.3, -0.25) is 4.90 Å². The fourth-order valence-electron chi connectivity index (χ4n) is 2.55. The van der Waals surface area contributed by atoms with Gasteiger partial charge in [0.1, 0.15) is 12.4 Å². The van der Waals surface area contributed by atoms with E-state index in [1.54, 1.807) is 0 Å². The molecule has 1 fully saturated rings. The van der Waals surface area contributed by atoms with Gasteiger partial charge < -0.3 is 14.6 Å². The maximum atomic E-state index is 10.5. The lowest BCUT2D eigenvalue weighted by atomic mass is 9.95. The Morgan fingerprint density at radius 2 is 2.19 bits per heavy atom. The van der Waals surface area contributed by atoms with Gasteiger partial charge >= 0.3 is 5.97 Å². The van der Waals surface area contributed by atoms with Crippen molar-refractivity contribution in [1.29, 1.82) is 0 Å². The fourth-order valence-corrected chi connectivity index (χ4v) is 2.55. The number of carbonyl (C=O) groups is 1. The predicted molar refractivity (Wildman–Crippen MR) is 79.5 cm³/mol. The van der Waals surface area contributed by atoms with Gasteiger partial charge in [-0.2, -0.15) is 0 Å². The Bertz CT molecular complexity index is 483. The van der Waals surface area contributed by atoms with E-state index in [0.717, 1.165) is 38.4 Å². The van der Waals surface area contributed by atoms with Crippen molar-refractivity contribution in [2.24, 2.45) is 0 Å². The first-order chi connectivity index (χ1) is 10.0. The number of hydrogen-bond donors (Lipinski definition) is 1. The average molecular weight is 293 g/mol.